The second kappa shape index (κ2) is 8.03. The third-order valence-corrected chi connectivity index (χ3v) is 7.01. The van der Waals surface area contributed by atoms with Gasteiger partial charge in [0.2, 0.25) is 0 Å². The molecule has 2 aromatic carbocycles. The molecule has 1 heterocycles. The molecule has 0 bridgehead atoms. The van der Waals surface area contributed by atoms with Crippen LogP contribution in [0.3, 0.4) is 0 Å². The first kappa shape index (κ1) is 20.9. The topological polar surface area (TPSA) is 47.8 Å². The van der Waals surface area contributed by atoms with E-state index in [1.807, 2.05) is 24.6 Å². The number of thioether (sulfide) groups is 1. The van der Waals surface area contributed by atoms with Gasteiger partial charge < -0.3 is 4.57 Å². The maximum atomic E-state index is 13.0. The molecule has 0 spiro atoms. The molecule has 4 rings (SSSR count). The molecular formula is C25H29N3OS. The zero-order valence-corrected chi connectivity index (χ0v) is 19.2. The van der Waals surface area contributed by atoms with Crippen molar-refractivity contribution in [1.29, 1.82) is 0 Å². The van der Waals surface area contributed by atoms with Gasteiger partial charge in [-0.05, 0) is 54.4 Å². The number of carbonyl (C=O) groups is 1. The Kier molecular flexibility index (Phi) is 5.58. The van der Waals surface area contributed by atoms with Crippen LogP contribution < -0.4 is 0 Å². The molecule has 4 nitrogen and oxygen atoms in total. The molecule has 0 N–H and O–H groups in total. The second-order valence-corrected chi connectivity index (χ2v) is 10.5. The number of hydrogen-bond donors (Lipinski definition) is 0. The number of rotatable bonds is 5. The third kappa shape index (κ3) is 4.08. The second-order valence-electron chi connectivity index (χ2n) is 9.15. The smallest absolute Gasteiger partial charge is 0.191 e. The number of ketones is 1. The van der Waals surface area contributed by atoms with Crippen molar-refractivity contribution in [3.05, 3.63) is 64.7 Å². The molecule has 0 fully saturated rings. The molecule has 0 unspecified atom stereocenters. The van der Waals surface area contributed by atoms with E-state index in [1.165, 1.54) is 34.9 Å². The van der Waals surface area contributed by atoms with Crippen LogP contribution in [0.25, 0.3) is 11.4 Å². The lowest BCUT2D eigenvalue weighted by molar-refractivity contribution is 0.0993. The zero-order chi connectivity index (χ0) is 21.5. The Balaban J connectivity index is 1.50. The normalized spacial score (nSPS) is 14.6. The first-order chi connectivity index (χ1) is 14.2. The monoisotopic (exact) mass is 419 g/mol. The highest BCUT2D eigenvalue weighted by Crippen LogP contribution is 2.30. The minimum absolute atomic E-state index is 0.118. The fraction of sp³-hybridized carbons (Fsp3) is 0.400. The minimum Gasteiger partial charge on any atom is -0.305 e. The summed E-state index contributed by atoms with van der Waals surface area (Å²) in [5.74, 6) is 0.962. The molecule has 3 aromatic rings. The van der Waals surface area contributed by atoms with Crippen molar-refractivity contribution in [3.8, 4) is 11.4 Å². The van der Waals surface area contributed by atoms with E-state index in [-0.39, 0.29) is 16.4 Å². The van der Waals surface area contributed by atoms with Gasteiger partial charge in [-0.3, -0.25) is 4.79 Å². The van der Waals surface area contributed by atoms with E-state index in [2.05, 4.69) is 67.4 Å². The highest BCUT2D eigenvalue weighted by Gasteiger charge is 2.22. The van der Waals surface area contributed by atoms with Crippen molar-refractivity contribution in [2.75, 3.05) is 0 Å². The largest absolute Gasteiger partial charge is 0.305 e. The summed E-state index contributed by atoms with van der Waals surface area (Å²) in [5, 5.41) is 9.29. The average Bonchev–Trinajstić information content (AvgIpc) is 3.33. The first-order valence-electron chi connectivity index (χ1n) is 10.6. The van der Waals surface area contributed by atoms with Gasteiger partial charge in [-0.1, -0.05) is 68.9 Å². The first-order valence-corrected chi connectivity index (χ1v) is 11.4. The number of fused-ring (bicyclic) bond motifs is 1. The van der Waals surface area contributed by atoms with Crippen molar-refractivity contribution in [2.24, 2.45) is 7.05 Å². The van der Waals surface area contributed by atoms with Crippen LogP contribution >= 0.6 is 11.8 Å². The predicted molar refractivity (Wildman–Crippen MR) is 123 cm³/mol. The van der Waals surface area contributed by atoms with Gasteiger partial charge in [0.25, 0.3) is 0 Å². The summed E-state index contributed by atoms with van der Waals surface area (Å²) in [5.41, 5.74) is 5.96. The molecule has 0 saturated heterocycles. The van der Waals surface area contributed by atoms with Crippen LogP contribution in [-0.4, -0.2) is 25.8 Å². The summed E-state index contributed by atoms with van der Waals surface area (Å²) in [6, 6.07) is 14.7. The van der Waals surface area contributed by atoms with Crippen LogP contribution in [0.4, 0.5) is 0 Å². The molecular weight excluding hydrogens is 390 g/mol. The molecule has 1 atom stereocenters. The quantitative estimate of drug-likeness (QED) is 0.397. The fourth-order valence-corrected chi connectivity index (χ4v) is 4.85. The van der Waals surface area contributed by atoms with Gasteiger partial charge in [0.05, 0.1) is 5.25 Å². The van der Waals surface area contributed by atoms with Crippen molar-refractivity contribution in [1.82, 2.24) is 14.8 Å². The number of aromatic nitrogens is 3. The predicted octanol–water partition coefficient (Wildman–Crippen LogP) is 5.63. The highest BCUT2D eigenvalue weighted by molar-refractivity contribution is 8.00. The number of carbonyl (C=O) groups excluding carboxylic acids is 1. The van der Waals surface area contributed by atoms with Crippen LogP contribution in [0.5, 0.6) is 0 Å². The Hall–Kier alpha value is -2.40. The van der Waals surface area contributed by atoms with Crippen LogP contribution in [0, 0.1) is 0 Å². The molecule has 0 aliphatic heterocycles. The van der Waals surface area contributed by atoms with E-state index in [4.69, 9.17) is 0 Å². The summed E-state index contributed by atoms with van der Waals surface area (Å²) in [7, 11) is 1.96. The van der Waals surface area contributed by atoms with Crippen molar-refractivity contribution < 1.29 is 4.79 Å². The molecule has 0 amide bonds. The van der Waals surface area contributed by atoms with E-state index < -0.39 is 0 Å². The molecule has 30 heavy (non-hydrogen) atoms. The fourth-order valence-electron chi connectivity index (χ4n) is 3.96. The Labute approximate surface area is 183 Å². The Morgan fingerprint density at radius 2 is 1.73 bits per heavy atom. The lowest BCUT2D eigenvalue weighted by atomic mass is 9.87. The molecule has 1 aliphatic rings. The molecule has 0 radical (unpaired) electrons. The van der Waals surface area contributed by atoms with Gasteiger partial charge >= 0.3 is 0 Å². The van der Waals surface area contributed by atoms with Crippen LogP contribution in [0.1, 0.15) is 61.2 Å². The summed E-state index contributed by atoms with van der Waals surface area (Å²) in [4.78, 5) is 13.0. The van der Waals surface area contributed by atoms with E-state index in [0.29, 0.717) is 0 Å². The third-order valence-electron chi connectivity index (χ3n) is 5.88. The number of nitrogens with zero attached hydrogens (tertiary/aromatic N) is 3. The van der Waals surface area contributed by atoms with E-state index in [1.54, 1.807) is 0 Å². The van der Waals surface area contributed by atoms with Crippen molar-refractivity contribution in [2.45, 2.75) is 62.8 Å². The van der Waals surface area contributed by atoms with E-state index in [9.17, 15) is 4.79 Å². The Morgan fingerprint density at radius 1 is 1.03 bits per heavy atom. The average molecular weight is 420 g/mol. The van der Waals surface area contributed by atoms with Gasteiger partial charge in [0.15, 0.2) is 16.8 Å². The SMILES string of the molecule is C[C@@H](Sc1nnc(-c2ccc(C(C)(C)C)cc2)n1C)C(=O)c1ccc2c(c1)CCC2. The van der Waals surface area contributed by atoms with Crippen molar-refractivity contribution >= 4 is 17.5 Å². The number of hydrogen-bond acceptors (Lipinski definition) is 4. The minimum atomic E-state index is -0.219. The van der Waals surface area contributed by atoms with Crippen LogP contribution in [0.15, 0.2) is 47.6 Å². The molecule has 1 aliphatic carbocycles. The molecule has 0 saturated carbocycles. The lowest BCUT2D eigenvalue weighted by Crippen LogP contribution is -2.15. The standard InChI is InChI=1S/C25H29N3OS/c1-16(22(29)20-10-9-17-7-6-8-19(17)15-20)30-24-27-26-23(28(24)5)18-11-13-21(14-12-18)25(2,3)4/h9-16H,6-8H2,1-5H3/t16-/m1/s1. The Morgan fingerprint density at radius 3 is 2.43 bits per heavy atom. The lowest BCUT2D eigenvalue weighted by Gasteiger charge is -2.19. The Bertz CT molecular complexity index is 1080. The number of aryl methyl sites for hydroxylation is 2. The summed E-state index contributed by atoms with van der Waals surface area (Å²) in [6.45, 7) is 8.57. The van der Waals surface area contributed by atoms with E-state index >= 15 is 0 Å². The van der Waals surface area contributed by atoms with Gasteiger partial charge in [0, 0.05) is 18.2 Å². The van der Waals surface area contributed by atoms with Gasteiger partial charge in [-0.15, -0.1) is 10.2 Å². The van der Waals surface area contributed by atoms with Crippen molar-refractivity contribution in [3.63, 3.8) is 0 Å². The van der Waals surface area contributed by atoms with Gasteiger partial charge in [0.1, 0.15) is 0 Å². The van der Waals surface area contributed by atoms with E-state index in [0.717, 1.165) is 34.9 Å². The highest BCUT2D eigenvalue weighted by atomic mass is 32.2. The maximum Gasteiger partial charge on any atom is 0.191 e. The number of Topliss-reactive ketones (excluding diaryl/α,β-unsaturated/α-hetero) is 1. The molecule has 5 heteroatoms. The van der Waals surface area contributed by atoms with Gasteiger partial charge in [-0.25, -0.2) is 0 Å². The van der Waals surface area contributed by atoms with Crippen LogP contribution in [-0.2, 0) is 25.3 Å². The maximum absolute atomic E-state index is 13.0. The number of benzene rings is 2. The van der Waals surface area contributed by atoms with Gasteiger partial charge in [-0.2, -0.15) is 0 Å². The summed E-state index contributed by atoms with van der Waals surface area (Å²) < 4.78 is 1.98. The summed E-state index contributed by atoms with van der Waals surface area (Å²) >= 11 is 1.47. The zero-order valence-electron chi connectivity index (χ0n) is 18.4. The molecule has 156 valence electrons. The van der Waals surface area contributed by atoms with Crippen LogP contribution in [0.2, 0.25) is 0 Å². The molecule has 1 aromatic heterocycles. The summed E-state index contributed by atoms with van der Waals surface area (Å²) in [6.07, 6.45) is 3.40.